The summed E-state index contributed by atoms with van der Waals surface area (Å²) in [5, 5.41) is 8.27. The highest BCUT2D eigenvalue weighted by Crippen LogP contribution is 2.03. The first kappa shape index (κ1) is 12.0. The zero-order valence-corrected chi connectivity index (χ0v) is 8.23. The Morgan fingerprint density at radius 2 is 2.15 bits per heavy atom. The molecule has 72 valence electrons. The molecule has 1 rings (SSSR count). The van der Waals surface area contributed by atoms with Crippen molar-refractivity contribution in [3.63, 3.8) is 0 Å². The van der Waals surface area contributed by atoms with Crippen LogP contribution in [0.1, 0.15) is 26.7 Å². The number of unbranched alkanes of at least 4 members (excludes halogenated alkanes) is 1. The summed E-state index contributed by atoms with van der Waals surface area (Å²) in [5.41, 5.74) is 0. The quantitative estimate of drug-likeness (QED) is 0.719. The fourth-order valence-electron chi connectivity index (χ4n) is 0.507. The molecule has 0 aliphatic rings. The van der Waals surface area contributed by atoms with Crippen molar-refractivity contribution in [2.24, 2.45) is 0 Å². The number of nitrogens with zero attached hydrogens (tertiary/aromatic N) is 1. The van der Waals surface area contributed by atoms with Gasteiger partial charge in [-0.3, -0.25) is 4.98 Å². The lowest BCUT2D eigenvalue weighted by molar-refractivity contribution is 0.452. The van der Waals surface area contributed by atoms with Gasteiger partial charge in [-0.25, -0.2) is 0 Å². The topological polar surface area (TPSA) is 42.4 Å². The Bertz CT molecular complexity index is 192. The van der Waals surface area contributed by atoms with Crippen LogP contribution in [0.5, 0.6) is 5.75 Å². The minimum atomic E-state index is -0.300. The Labute approximate surface area is 80.1 Å². The second-order valence-electron chi connectivity index (χ2n) is 2.46. The number of rotatable bonds is 3. The van der Waals surface area contributed by atoms with Gasteiger partial charge in [0.2, 0.25) is 0 Å². The predicted octanol–water partition coefficient (Wildman–Crippen LogP) is 1.53. The van der Waals surface area contributed by atoms with Crippen LogP contribution in [0.15, 0.2) is 24.5 Å². The maximum Gasteiger partial charge on any atom is 0.504 e. The molecule has 0 saturated carbocycles. The molecule has 1 aromatic rings. The van der Waals surface area contributed by atoms with Crippen molar-refractivity contribution < 1.29 is 9.68 Å². The van der Waals surface area contributed by atoms with Gasteiger partial charge in [-0.15, -0.1) is 0 Å². The summed E-state index contributed by atoms with van der Waals surface area (Å²) in [6, 6.07) is 3.47. The summed E-state index contributed by atoms with van der Waals surface area (Å²) < 4.78 is 4.70. The molecule has 1 heterocycles. The van der Waals surface area contributed by atoms with Crippen molar-refractivity contribution in [2.75, 3.05) is 0 Å². The van der Waals surface area contributed by atoms with Gasteiger partial charge in [0.15, 0.2) is 0 Å². The second kappa shape index (κ2) is 9.07. The minimum absolute atomic E-state index is 0.300. The molecule has 0 atom stereocenters. The number of aromatic nitrogens is 1. The van der Waals surface area contributed by atoms with Gasteiger partial charge in [0.05, 0.1) is 6.20 Å². The normalized spacial score (nSPS) is 8.23. The van der Waals surface area contributed by atoms with E-state index in [1.807, 2.05) is 0 Å². The first-order valence-corrected chi connectivity index (χ1v) is 4.48. The van der Waals surface area contributed by atoms with E-state index in [1.165, 1.54) is 19.0 Å². The first-order chi connectivity index (χ1) is 6.35. The van der Waals surface area contributed by atoms with E-state index in [4.69, 9.17) is 9.68 Å². The van der Waals surface area contributed by atoms with Crippen LogP contribution in [0.4, 0.5) is 0 Å². The van der Waals surface area contributed by atoms with Crippen LogP contribution in [-0.2, 0) is 0 Å². The minimum Gasteiger partial charge on any atom is -0.538 e. The Morgan fingerprint density at radius 1 is 1.46 bits per heavy atom. The van der Waals surface area contributed by atoms with E-state index in [2.05, 4.69) is 18.8 Å². The third-order valence-electron chi connectivity index (χ3n) is 1.37. The Morgan fingerprint density at radius 3 is 2.54 bits per heavy atom. The van der Waals surface area contributed by atoms with E-state index < -0.39 is 0 Å². The van der Waals surface area contributed by atoms with Gasteiger partial charge >= 0.3 is 7.69 Å². The van der Waals surface area contributed by atoms with Crippen molar-refractivity contribution >= 4 is 7.69 Å². The Balaban J connectivity index is 0.000000310. The molecule has 0 unspecified atom stereocenters. The average Bonchev–Trinajstić information content (AvgIpc) is 2.20. The molecule has 0 spiro atoms. The fourth-order valence-corrected chi connectivity index (χ4v) is 0.507. The smallest absolute Gasteiger partial charge is 0.504 e. The zero-order valence-electron chi connectivity index (χ0n) is 8.23. The molecule has 0 aliphatic carbocycles. The molecular formula is C9H16BNO2. The van der Waals surface area contributed by atoms with Gasteiger partial charge in [0, 0.05) is 6.20 Å². The van der Waals surface area contributed by atoms with Crippen LogP contribution in [-0.4, -0.2) is 17.7 Å². The lowest BCUT2D eigenvalue weighted by Crippen LogP contribution is -1.99. The number of pyridine rings is 1. The standard InChI is InChI=1S/C5H6BNO2.C4H10/c8-6-9-5-2-1-3-7-4-5;1-3-4-2/h1-4,6,8H;3-4H2,1-2H3. The molecule has 3 nitrogen and oxygen atoms in total. The van der Waals surface area contributed by atoms with E-state index in [-0.39, 0.29) is 7.69 Å². The molecule has 0 bridgehead atoms. The molecule has 1 N–H and O–H groups in total. The zero-order chi connectivity index (χ0) is 9.94. The van der Waals surface area contributed by atoms with Gasteiger partial charge in [-0.1, -0.05) is 26.7 Å². The van der Waals surface area contributed by atoms with Crippen molar-refractivity contribution in [1.82, 2.24) is 4.98 Å². The van der Waals surface area contributed by atoms with Crippen molar-refractivity contribution in [1.29, 1.82) is 0 Å². The van der Waals surface area contributed by atoms with Crippen LogP contribution in [0.2, 0.25) is 0 Å². The van der Waals surface area contributed by atoms with Crippen molar-refractivity contribution in [3.8, 4) is 5.75 Å². The molecule has 0 fully saturated rings. The molecule has 1 aromatic heterocycles. The molecular weight excluding hydrogens is 165 g/mol. The van der Waals surface area contributed by atoms with Crippen LogP contribution in [0.25, 0.3) is 0 Å². The molecule has 13 heavy (non-hydrogen) atoms. The molecule has 0 saturated heterocycles. The highest BCUT2D eigenvalue weighted by Gasteiger charge is 1.88. The van der Waals surface area contributed by atoms with E-state index >= 15 is 0 Å². The molecule has 0 radical (unpaired) electrons. The molecule has 0 aliphatic heterocycles. The van der Waals surface area contributed by atoms with Crippen molar-refractivity contribution in [3.05, 3.63) is 24.5 Å². The maximum atomic E-state index is 8.27. The molecule has 4 heteroatoms. The fraction of sp³-hybridized carbons (Fsp3) is 0.444. The van der Waals surface area contributed by atoms with Gasteiger partial charge in [-0.05, 0) is 12.1 Å². The summed E-state index contributed by atoms with van der Waals surface area (Å²) in [6.45, 7) is 4.36. The summed E-state index contributed by atoms with van der Waals surface area (Å²) in [7, 11) is -0.300. The first-order valence-electron chi connectivity index (χ1n) is 4.48. The van der Waals surface area contributed by atoms with Crippen LogP contribution >= 0.6 is 0 Å². The third-order valence-corrected chi connectivity index (χ3v) is 1.37. The summed E-state index contributed by atoms with van der Waals surface area (Å²) in [5.74, 6) is 0.583. The third kappa shape index (κ3) is 7.34. The lowest BCUT2D eigenvalue weighted by Gasteiger charge is -1.97. The highest BCUT2D eigenvalue weighted by molar-refractivity contribution is 6.17. The lowest BCUT2D eigenvalue weighted by atomic mass is 10.4. The Kier molecular flexibility index (Phi) is 8.35. The van der Waals surface area contributed by atoms with Crippen LogP contribution in [0, 0.1) is 0 Å². The summed E-state index contributed by atoms with van der Waals surface area (Å²) in [6.07, 6.45) is 5.82. The highest BCUT2D eigenvalue weighted by atomic mass is 16.5. The van der Waals surface area contributed by atoms with Gasteiger partial charge in [0.25, 0.3) is 0 Å². The van der Waals surface area contributed by atoms with E-state index in [0.717, 1.165) is 0 Å². The van der Waals surface area contributed by atoms with Gasteiger partial charge in [0.1, 0.15) is 5.75 Å². The number of hydrogen-bond acceptors (Lipinski definition) is 3. The summed E-state index contributed by atoms with van der Waals surface area (Å²) in [4.78, 5) is 3.77. The van der Waals surface area contributed by atoms with Gasteiger partial charge in [-0.2, -0.15) is 0 Å². The van der Waals surface area contributed by atoms with Crippen LogP contribution < -0.4 is 4.65 Å². The van der Waals surface area contributed by atoms with Crippen LogP contribution in [0.3, 0.4) is 0 Å². The van der Waals surface area contributed by atoms with E-state index in [0.29, 0.717) is 5.75 Å². The Hall–Kier alpha value is -1.03. The number of hydrogen-bond donors (Lipinski definition) is 1. The second-order valence-corrected chi connectivity index (χ2v) is 2.46. The van der Waals surface area contributed by atoms with Crippen molar-refractivity contribution in [2.45, 2.75) is 26.7 Å². The average molecular weight is 181 g/mol. The SMILES string of the molecule is CCCC.OBOc1cccnc1. The van der Waals surface area contributed by atoms with E-state index in [1.54, 1.807) is 18.3 Å². The summed E-state index contributed by atoms with van der Waals surface area (Å²) >= 11 is 0. The largest absolute Gasteiger partial charge is 0.538 e. The molecule has 0 amide bonds. The monoisotopic (exact) mass is 181 g/mol. The van der Waals surface area contributed by atoms with E-state index in [9.17, 15) is 0 Å². The maximum absolute atomic E-state index is 8.27. The predicted molar refractivity (Wildman–Crippen MR) is 54.8 cm³/mol. The van der Waals surface area contributed by atoms with Gasteiger partial charge < -0.3 is 9.68 Å². The molecule has 0 aromatic carbocycles.